The van der Waals surface area contributed by atoms with Gasteiger partial charge < -0.3 is 10.3 Å². The highest BCUT2D eigenvalue weighted by Gasteiger charge is 2.19. The second-order valence-electron chi connectivity index (χ2n) is 4.16. The third kappa shape index (κ3) is 1.28. The van der Waals surface area contributed by atoms with Gasteiger partial charge in [-0.15, -0.1) is 0 Å². The minimum absolute atomic E-state index is 0.495. The summed E-state index contributed by atoms with van der Waals surface area (Å²) >= 11 is 0. The first-order chi connectivity index (χ1) is 8.76. The molecule has 0 atom stereocenters. The molecule has 0 amide bonds. The first-order valence-corrected chi connectivity index (χ1v) is 5.83. The molecule has 0 saturated heterocycles. The van der Waals surface area contributed by atoms with Gasteiger partial charge in [0, 0.05) is 6.54 Å². The first kappa shape index (κ1) is 10.6. The van der Waals surface area contributed by atoms with E-state index < -0.39 is 0 Å². The van der Waals surface area contributed by atoms with Crippen LogP contribution in [0.25, 0.3) is 22.4 Å². The van der Waals surface area contributed by atoms with Crippen molar-refractivity contribution in [1.29, 1.82) is 5.26 Å². The van der Waals surface area contributed by atoms with E-state index in [9.17, 15) is 0 Å². The van der Waals surface area contributed by atoms with E-state index in [0.717, 1.165) is 29.0 Å². The number of nitriles is 1. The van der Waals surface area contributed by atoms with Crippen LogP contribution >= 0.6 is 0 Å². The number of hydrogen-bond acceptors (Lipinski definition) is 3. The maximum absolute atomic E-state index is 9.05. The average molecular weight is 236 g/mol. The topological polar surface area (TPSA) is 67.6 Å². The summed E-state index contributed by atoms with van der Waals surface area (Å²) in [6.07, 6.45) is 0. The molecule has 0 fully saturated rings. The van der Waals surface area contributed by atoms with Gasteiger partial charge in [-0.1, -0.05) is 12.1 Å². The zero-order valence-electron chi connectivity index (χ0n) is 10.0. The maximum atomic E-state index is 9.05. The zero-order valence-corrected chi connectivity index (χ0v) is 10.0. The molecule has 1 aliphatic heterocycles. The Morgan fingerprint density at radius 3 is 2.89 bits per heavy atom. The van der Waals surface area contributed by atoms with E-state index in [2.05, 4.69) is 22.5 Å². The predicted octanol–water partition coefficient (Wildman–Crippen LogP) is 2.61. The molecule has 0 unspecified atom stereocenters. The third-order valence-electron chi connectivity index (χ3n) is 3.19. The van der Waals surface area contributed by atoms with Gasteiger partial charge in [0.25, 0.3) is 0 Å². The van der Waals surface area contributed by atoms with Gasteiger partial charge in [-0.2, -0.15) is 5.26 Å². The fourth-order valence-electron chi connectivity index (χ4n) is 2.38. The number of hydrogen-bond donors (Lipinski definition) is 1. The summed E-state index contributed by atoms with van der Waals surface area (Å²) in [7, 11) is 0. The number of anilines is 1. The van der Waals surface area contributed by atoms with Gasteiger partial charge in [-0.3, -0.25) is 0 Å². The van der Waals surface area contributed by atoms with Crippen molar-refractivity contribution < 1.29 is 0 Å². The lowest BCUT2D eigenvalue weighted by Gasteiger charge is -2.15. The van der Waals surface area contributed by atoms with Crippen molar-refractivity contribution >= 4 is 16.7 Å². The molecule has 88 valence electrons. The van der Waals surface area contributed by atoms with E-state index in [1.54, 1.807) is 6.07 Å². The van der Waals surface area contributed by atoms with Gasteiger partial charge in [-0.25, -0.2) is 4.98 Å². The lowest BCUT2D eigenvalue weighted by atomic mass is 10.2. The lowest BCUT2D eigenvalue weighted by Crippen LogP contribution is -2.06. The number of aryl methyl sites for hydroxylation is 1. The van der Waals surface area contributed by atoms with Crippen molar-refractivity contribution in [2.24, 2.45) is 0 Å². The first-order valence-electron chi connectivity index (χ1n) is 5.83. The summed E-state index contributed by atoms with van der Waals surface area (Å²) < 4.78 is 2.10. The predicted molar refractivity (Wildman–Crippen MR) is 71.2 cm³/mol. The van der Waals surface area contributed by atoms with Crippen molar-refractivity contribution in [3.63, 3.8) is 0 Å². The summed E-state index contributed by atoms with van der Waals surface area (Å²) in [6.45, 7) is 2.85. The van der Waals surface area contributed by atoms with Gasteiger partial charge in [0.1, 0.15) is 6.07 Å². The molecule has 1 heterocycles. The van der Waals surface area contributed by atoms with Gasteiger partial charge >= 0.3 is 0 Å². The molecular weight excluding hydrogens is 224 g/mol. The van der Waals surface area contributed by atoms with Gasteiger partial charge in [0.15, 0.2) is 0 Å². The number of nitrogen functional groups attached to an aromatic ring is 1. The summed E-state index contributed by atoms with van der Waals surface area (Å²) in [6, 6.07) is 11.8. The van der Waals surface area contributed by atoms with E-state index in [1.165, 1.54) is 0 Å². The molecule has 4 heteroatoms. The highest BCUT2D eigenvalue weighted by molar-refractivity contribution is 5.88. The summed E-state index contributed by atoms with van der Waals surface area (Å²) in [4.78, 5) is 4.56. The summed E-state index contributed by atoms with van der Waals surface area (Å²) in [5, 5.41) is 9.05. The van der Waals surface area contributed by atoms with Gasteiger partial charge in [0.05, 0.1) is 33.7 Å². The molecule has 2 aliphatic rings. The lowest BCUT2D eigenvalue weighted by molar-refractivity contribution is 0.794. The molecule has 1 aromatic carbocycles. The van der Waals surface area contributed by atoms with E-state index in [-0.39, 0.29) is 0 Å². The van der Waals surface area contributed by atoms with E-state index in [1.807, 2.05) is 24.3 Å². The standard InChI is InChI=1S/C14H12N4/c1-2-18-12-6-4-3-5-10(12)17-11-7-9(8-15)13(16)14(11)18/h3-7H,2,16H2,1H3. The van der Waals surface area contributed by atoms with Crippen molar-refractivity contribution in [2.75, 3.05) is 5.73 Å². The largest absolute Gasteiger partial charge is 0.396 e. The minimum Gasteiger partial charge on any atom is -0.396 e. The van der Waals surface area contributed by atoms with Crippen LogP contribution in [0.15, 0.2) is 30.3 Å². The average Bonchev–Trinajstić information content (AvgIpc) is 2.72. The van der Waals surface area contributed by atoms with Crippen LogP contribution in [0.3, 0.4) is 0 Å². The van der Waals surface area contributed by atoms with Crippen molar-refractivity contribution in [3.8, 4) is 17.5 Å². The monoisotopic (exact) mass is 236 g/mol. The SMILES string of the molecule is CCn1c2c(N)c(C#N)cc-2nc2ccccc21. The second-order valence-corrected chi connectivity index (χ2v) is 4.16. The van der Waals surface area contributed by atoms with Crippen LogP contribution in [-0.2, 0) is 6.54 Å². The number of rotatable bonds is 1. The van der Waals surface area contributed by atoms with Crippen LogP contribution in [0.5, 0.6) is 0 Å². The van der Waals surface area contributed by atoms with E-state index in [0.29, 0.717) is 11.3 Å². The zero-order chi connectivity index (χ0) is 12.7. The number of nitrogens with two attached hydrogens (primary N) is 1. The van der Waals surface area contributed by atoms with Crippen LogP contribution in [0.4, 0.5) is 5.69 Å². The Hall–Kier alpha value is -2.54. The smallest absolute Gasteiger partial charge is 0.101 e. The molecule has 4 nitrogen and oxygen atoms in total. The fraction of sp³-hybridized carbons (Fsp3) is 0.143. The molecule has 0 spiro atoms. The Morgan fingerprint density at radius 2 is 2.17 bits per heavy atom. The van der Waals surface area contributed by atoms with E-state index in [4.69, 9.17) is 11.0 Å². The van der Waals surface area contributed by atoms with E-state index >= 15 is 0 Å². The van der Waals surface area contributed by atoms with Crippen molar-refractivity contribution in [2.45, 2.75) is 13.5 Å². The van der Waals surface area contributed by atoms with Crippen LogP contribution in [0.2, 0.25) is 0 Å². The highest BCUT2D eigenvalue weighted by atomic mass is 15.0. The van der Waals surface area contributed by atoms with Crippen molar-refractivity contribution in [3.05, 3.63) is 35.9 Å². The molecule has 0 aromatic heterocycles. The number of aromatic nitrogens is 2. The summed E-state index contributed by atoms with van der Waals surface area (Å²) in [5.74, 6) is 0. The Bertz CT molecular complexity index is 749. The summed E-state index contributed by atoms with van der Waals surface area (Å²) in [5.41, 5.74) is 10.6. The molecule has 0 saturated carbocycles. The Labute approximate surface area is 105 Å². The molecular formula is C14H12N4. The molecule has 0 bridgehead atoms. The van der Waals surface area contributed by atoms with Crippen LogP contribution in [0.1, 0.15) is 12.5 Å². The normalized spacial score (nSPS) is 10.9. The number of para-hydroxylation sites is 2. The van der Waals surface area contributed by atoms with Crippen molar-refractivity contribution in [1.82, 2.24) is 9.55 Å². The Balaban J connectivity index is 2.54. The molecule has 18 heavy (non-hydrogen) atoms. The molecule has 1 aromatic rings. The van der Waals surface area contributed by atoms with Crippen LogP contribution in [0, 0.1) is 11.3 Å². The number of benzene rings is 1. The fourth-order valence-corrected chi connectivity index (χ4v) is 2.38. The number of nitrogens with zero attached hydrogens (tertiary/aromatic N) is 3. The second kappa shape index (κ2) is 3.74. The minimum atomic E-state index is 0.495. The Morgan fingerprint density at radius 1 is 1.39 bits per heavy atom. The van der Waals surface area contributed by atoms with Crippen LogP contribution in [-0.4, -0.2) is 9.55 Å². The quantitative estimate of drug-likeness (QED) is 0.706. The Kier molecular flexibility index (Phi) is 2.20. The molecule has 0 radical (unpaired) electrons. The molecule has 3 rings (SSSR count). The highest BCUT2D eigenvalue weighted by Crippen LogP contribution is 2.34. The third-order valence-corrected chi connectivity index (χ3v) is 3.19. The number of fused-ring (bicyclic) bond motifs is 2. The maximum Gasteiger partial charge on any atom is 0.101 e. The van der Waals surface area contributed by atoms with Gasteiger partial charge in [-0.05, 0) is 25.1 Å². The molecule has 1 aliphatic carbocycles. The van der Waals surface area contributed by atoms with Gasteiger partial charge in [0.2, 0.25) is 0 Å². The van der Waals surface area contributed by atoms with Crippen LogP contribution < -0.4 is 5.73 Å². The molecule has 2 N–H and O–H groups in total.